The highest BCUT2D eigenvalue weighted by atomic mass is 32.2. The number of hydrogen-bond donors (Lipinski definition) is 2. The van der Waals surface area contributed by atoms with Gasteiger partial charge in [-0.2, -0.15) is 4.98 Å². The number of anilines is 4. The monoisotopic (exact) mass is 621 g/mol. The minimum absolute atomic E-state index is 0.00359. The van der Waals surface area contributed by atoms with E-state index in [9.17, 15) is 17.6 Å². The Hall–Kier alpha value is -4.02. The highest BCUT2D eigenvalue weighted by Gasteiger charge is 2.41. The molecule has 0 radical (unpaired) electrons. The number of carbonyl (C=O) groups excluding carboxylic acids is 1. The number of methoxy groups -OCH3 is 1. The van der Waals surface area contributed by atoms with Crippen molar-refractivity contribution >= 4 is 49.8 Å². The van der Waals surface area contributed by atoms with Crippen molar-refractivity contribution in [3.8, 4) is 11.8 Å². The second-order valence-corrected chi connectivity index (χ2v) is 14.0. The molecule has 4 heterocycles. The highest BCUT2D eigenvalue weighted by molar-refractivity contribution is 7.90. The smallest absolute Gasteiger partial charge is 0.296 e. The summed E-state index contributed by atoms with van der Waals surface area (Å²) >= 11 is 0. The number of rotatable bonds is 9. The Balaban J connectivity index is 1.26. The summed E-state index contributed by atoms with van der Waals surface area (Å²) in [7, 11) is -1.52. The van der Waals surface area contributed by atoms with E-state index in [1.165, 1.54) is 13.4 Å². The van der Waals surface area contributed by atoms with E-state index in [0.29, 0.717) is 43.6 Å². The second-order valence-electron chi connectivity index (χ2n) is 11.8. The number of hydrogen-bond acceptors (Lipinski definition) is 10. The van der Waals surface area contributed by atoms with Crippen molar-refractivity contribution < 1.29 is 22.3 Å². The van der Waals surface area contributed by atoms with Crippen LogP contribution in [0.2, 0.25) is 0 Å². The quantitative estimate of drug-likeness (QED) is 0.344. The second kappa shape index (κ2) is 12.2. The lowest BCUT2D eigenvalue weighted by Gasteiger charge is -2.41. The maximum atomic E-state index is 14.5. The lowest BCUT2D eigenvalue weighted by molar-refractivity contribution is -0.115. The third-order valence-electron chi connectivity index (χ3n) is 8.46. The number of benzene rings is 1. The molecule has 0 bridgehead atoms. The number of ether oxygens (including phenoxy) is 1. The predicted molar refractivity (Wildman–Crippen MR) is 168 cm³/mol. The largest absolute Gasteiger partial charge is 0.378 e. The Labute approximate surface area is 256 Å². The Kier molecular flexibility index (Phi) is 8.30. The maximum Gasteiger partial charge on any atom is 0.296 e. The predicted octanol–water partition coefficient (Wildman–Crippen LogP) is 2.81. The van der Waals surface area contributed by atoms with Gasteiger partial charge in [0.05, 0.1) is 18.4 Å². The minimum atomic E-state index is -3.04. The molecule has 3 aromatic rings. The molecule has 2 aliphatic heterocycles. The van der Waals surface area contributed by atoms with Crippen LogP contribution in [-0.4, -0.2) is 92.9 Å². The number of pyridine rings is 1. The molecule has 44 heavy (non-hydrogen) atoms. The number of carbonyl (C=O) groups is 1. The van der Waals surface area contributed by atoms with Gasteiger partial charge in [0.2, 0.25) is 5.95 Å². The standard InChI is InChI=1S/C31H36FN7O4S/c1-4-5-30(40)35-25-12-22(25)20-6-7-26(39-15-19(16-39)18-44(3,41)42)23-14-34-29(13-21(20)23)36-28-8-10-33-31(37-28)38-11-9-27(43-2)24(32)17-38/h6-8,10,13-14,19,22,24-25,27H,9,11-12,15-18H2,1-3H3,(H,35,40)(H,33,34,36,37)/t22-,24-,25-,27+/m0/s1. The van der Waals surface area contributed by atoms with Crippen molar-refractivity contribution in [1.82, 2.24) is 20.3 Å². The lowest BCUT2D eigenvalue weighted by Crippen LogP contribution is -2.49. The van der Waals surface area contributed by atoms with E-state index in [0.717, 1.165) is 28.4 Å². The Morgan fingerprint density at radius 1 is 1.14 bits per heavy atom. The molecular weight excluding hydrogens is 585 g/mol. The van der Waals surface area contributed by atoms with Gasteiger partial charge in [-0.3, -0.25) is 4.79 Å². The molecule has 1 aromatic carbocycles. The van der Waals surface area contributed by atoms with E-state index in [-0.39, 0.29) is 36.1 Å². The zero-order valence-electron chi connectivity index (χ0n) is 25.0. The van der Waals surface area contributed by atoms with Gasteiger partial charge in [0.1, 0.15) is 27.6 Å². The van der Waals surface area contributed by atoms with Crippen LogP contribution in [-0.2, 0) is 19.4 Å². The van der Waals surface area contributed by atoms with Gasteiger partial charge >= 0.3 is 0 Å². The molecule has 1 saturated carbocycles. The molecule has 0 spiro atoms. The van der Waals surface area contributed by atoms with Gasteiger partial charge in [0, 0.05) is 74.3 Å². The molecule has 4 atom stereocenters. The molecule has 11 nitrogen and oxygen atoms in total. The summed E-state index contributed by atoms with van der Waals surface area (Å²) in [6.07, 6.45) is 4.55. The number of nitrogens with one attached hydrogen (secondary N) is 2. The molecular formula is C31H36FN7O4S. The van der Waals surface area contributed by atoms with Crippen molar-refractivity contribution in [3.63, 3.8) is 0 Å². The molecule has 13 heteroatoms. The highest BCUT2D eigenvalue weighted by Crippen LogP contribution is 2.46. The molecule has 2 N–H and O–H groups in total. The molecule has 2 saturated heterocycles. The maximum absolute atomic E-state index is 14.5. The number of alkyl halides is 1. The summed E-state index contributed by atoms with van der Waals surface area (Å²) in [4.78, 5) is 29.8. The van der Waals surface area contributed by atoms with Gasteiger partial charge in [0.15, 0.2) is 0 Å². The Morgan fingerprint density at radius 2 is 1.95 bits per heavy atom. The normalized spacial score (nSPS) is 23.5. The zero-order valence-corrected chi connectivity index (χ0v) is 25.8. The molecule has 232 valence electrons. The fraction of sp³-hybridized carbons (Fsp3) is 0.484. The molecule has 0 unspecified atom stereocenters. The lowest BCUT2D eigenvalue weighted by atomic mass is 9.96. The van der Waals surface area contributed by atoms with E-state index in [1.807, 2.05) is 17.2 Å². The fourth-order valence-electron chi connectivity index (χ4n) is 6.26. The average molecular weight is 622 g/mol. The van der Waals surface area contributed by atoms with Gasteiger partial charge in [-0.25, -0.2) is 22.8 Å². The summed E-state index contributed by atoms with van der Waals surface area (Å²) < 4.78 is 43.4. The molecule has 1 aliphatic carbocycles. The van der Waals surface area contributed by atoms with Crippen LogP contribution in [0.5, 0.6) is 0 Å². The van der Waals surface area contributed by atoms with Gasteiger partial charge < -0.3 is 25.2 Å². The molecule has 6 rings (SSSR count). The first kappa shape index (κ1) is 30.0. The number of nitrogens with zero attached hydrogens (tertiary/aromatic N) is 5. The van der Waals surface area contributed by atoms with Crippen LogP contribution in [0, 0.1) is 17.8 Å². The first-order chi connectivity index (χ1) is 21.1. The Morgan fingerprint density at radius 3 is 2.68 bits per heavy atom. The molecule has 3 fully saturated rings. The number of sulfone groups is 1. The van der Waals surface area contributed by atoms with Crippen LogP contribution < -0.4 is 20.4 Å². The van der Waals surface area contributed by atoms with Crippen molar-refractivity contribution in [1.29, 1.82) is 0 Å². The summed E-state index contributed by atoms with van der Waals surface area (Å²) in [6.45, 7) is 3.70. The number of piperidine rings is 1. The number of halogens is 1. The number of fused-ring (bicyclic) bond motifs is 1. The van der Waals surface area contributed by atoms with E-state index in [1.54, 1.807) is 19.2 Å². The summed E-state index contributed by atoms with van der Waals surface area (Å²) in [5.74, 6) is 6.85. The third kappa shape index (κ3) is 6.56. The average Bonchev–Trinajstić information content (AvgIpc) is 3.72. The van der Waals surface area contributed by atoms with Gasteiger partial charge in [-0.15, -0.1) is 0 Å². The van der Waals surface area contributed by atoms with Crippen molar-refractivity contribution in [2.75, 3.05) is 60.4 Å². The fourth-order valence-corrected chi connectivity index (χ4v) is 7.33. The van der Waals surface area contributed by atoms with Crippen LogP contribution >= 0.6 is 0 Å². The Bertz CT molecular complexity index is 1740. The van der Waals surface area contributed by atoms with Gasteiger partial charge in [-0.05, 0) is 54.8 Å². The first-order valence-electron chi connectivity index (χ1n) is 14.7. The SMILES string of the molecule is CC#CC(=O)N[C@H]1C[C@H]1c1ccc(N2CC(CS(C)(=O)=O)C2)c2cnc(Nc3ccnc(N4CC[C@@H](OC)[C@@H](F)C4)n3)cc12. The minimum Gasteiger partial charge on any atom is -0.378 e. The van der Waals surface area contributed by atoms with Crippen LogP contribution in [0.4, 0.5) is 27.7 Å². The number of amides is 1. The summed E-state index contributed by atoms with van der Waals surface area (Å²) in [5, 5.41) is 8.22. The summed E-state index contributed by atoms with van der Waals surface area (Å²) in [5.41, 5.74) is 2.09. The zero-order chi connectivity index (χ0) is 31.0. The molecule has 2 aromatic heterocycles. The van der Waals surface area contributed by atoms with E-state index in [2.05, 4.69) is 49.5 Å². The first-order valence-corrected chi connectivity index (χ1v) is 16.8. The third-order valence-corrected chi connectivity index (χ3v) is 9.54. The van der Waals surface area contributed by atoms with Crippen LogP contribution in [0.15, 0.2) is 36.7 Å². The van der Waals surface area contributed by atoms with E-state index >= 15 is 0 Å². The van der Waals surface area contributed by atoms with E-state index in [4.69, 9.17) is 9.72 Å². The van der Waals surface area contributed by atoms with Crippen LogP contribution in [0.1, 0.15) is 31.2 Å². The molecule has 3 aliphatic rings. The van der Waals surface area contributed by atoms with Crippen molar-refractivity contribution in [2.24, 2.45) is 5.92 Å². The van der Waals surface area contributed by atoms with Crippen molar-refractivity contribution in [2.45, 2.75) is 44.0 Å². The summed E-state index contributed by atoms with van der Waals surface area (Å²) in [6, 6.07) is 7.87. The van der Waals surface area contributed by atoms with Crippen LogP contribution in [0.25, 0.3) is 10.8 Å². The topological polar surface area (TPSA) is 130 Å². The van der Waals surface area contributed by atoms with Crippen LogP contribution in [0.3, 0.4) is 0 Å². The number of aromatic nitrogens is 3. The van der Waals surface area contributed by atoms with Gasteiger partial charge in [-0.1, -0.05) is 12.0 Å². The molecule has 1 amide bonds. The van der Waals surface area contributed by atoms with Crippen molar-refractivity contribution in [3.05, 3.63) is 42.2 Å². The van der Waals surface area contributed by atoms with E-state index < -0.39 is 22.1 Å². The van der Waals surface area contributed by atoms with Gasteiger partial charge in [0.25, 0.3) is 5.91 Å².